The number of carboxylic acids is 1. The van der Waals surface area contributed by atoms with Crippen LogP contribution in [0.3, 0.4) is 0 Å². The number of benzene rings is 1. The first-order valence-electron chi connectivity index (χ1n) is 5.72. The van der Waals surface area contributed by atoms with Gasteiger partial charge in [-0.05, 0) is 12.1 Å². The Labute approximate surface area is 114 Å². The van der Waals surface area contributed by atoms with Gasteiger partial charge in [0.15, 0.2) is 11.6 Å². The highest BCUT2D eigenvalue weighted by atomic mass is 19.1. The zero-order chi connectivity index (χ0) is 15.1. The molecular formula is C12H15FN2O5. The molecular weight excluding hydrogens is 271 g/mol. The van der Waals surface area contributed by atoms with Gasteiger partial charge in [-0.3, -0.25) is 0 Å². The number of urea groups is 1. The molecule has 1 aromatic carbocycles. The first kappa shape index (κ1) is 15.7. The van der Waals surface area contributed by atoms with E-state index in [9.17, 15) is 14.0 Å². The monoisotopic (exact) mass is 286 g/mol. The van der Waals surface area contributed by atoms with Crippen LogP contribution >= 0.6 is 0 Å². The Kier molecular flexibility index (Phi) is 5.73. The zero-order valence-corrected chi connectivity index (χ0v) is 10.7. The predicted molar refractivity (Wildman–Crippen MR) is 68.2 cm³/mol. The molecule has 0 saturated carbocycles. The standard InChI is InChI=1S/C12H15FN2O5/c1-20-10-3-2-7(6-8(10)13)14-12(19)15-9(4-5-16)11(17)18/h2-3,6,9,16H,4-5H2,1H3,(H,17,18)(H2,14,15,19). The van der Waals surface area contributed by atoms with Crippen LogP contribution in [-0.2, 0) is 4.79 Å². The average Bonchev–Trinajstić information content (AvgIpc) is 2.38. The number of hydrogen-bond acceptors (Lipinski definition) is 4. The second kappa shape index (κ2) is 7.29. The summed E-state index contributed by atoms with van der Waals surface area (Å²) in [6, 6.07) is 1.75. The summed E-state index contributed by atoms with van der Waals surface area (Å²) < 4.78 is 18.1. The van der Waals surface area contributed by atoms with Crippen LogP contribution in [-0.4, -0.2) is 42.0 Å². The quantitative estimate of drug-likeness (QED) is 0.618. The number of amides is 2. The van der Waals surface area contributed by atoms with Crippen LogP contribution in [0.15, 0.2) is 18.2 Å². The normalized spacial score (nSPS) is 11.6. The van der Waals surface area contributed by atoms with E-state index in [0.29, 0.717) is 0 Å². The maximum Gasteiger partial charge on any atom is 0.326 e. The molecule has 20 heavy (non-hydrogen) atoms. The van der Waals surface area contributed by atoms with Gasteiger partial charge in [0.2, 0.25) is 0 Å². The maximum absolute atomic E-state index is 13.4. The van der Waals surface area contributed by atoms with Crippen LogP contribution in [0.4, 0.5) is 14.9 Å². The number of anilines is 1. The number of aliphatic hydroxyl groups excluding tert-OH is 1. The molecule has 0 spiro atoms. The molecule has 0 bridgehead atoms. The summed E-state index contributed by atoms with van der Waals surface area (Å²) in [5, 5.41) is 21.9. The largest absolute Gasteiger partial charge is 0.494 e. The van der Waals surface area contributed by atoms with Gasteiger partial charge in [0.25, 0.3) is 0 Å². The van der Waals surface area contributed by atoms with E-state index < -0.39 is 23.9 Å². The highest BCUT2D eigenvalue weighted by Gasteiger charge is 2.19. The number of methoxy groups -OCH3 is 1. The SMILES string of the molecule is COc1ccc(NC(=O)NC(CCO)C(=O)O)cc1F. The van der Waals surface area contributed by atoms with Crippen LogP contribution in [0.2, 0.25) is 0 Å². The third-order valence-corrected chi connectivity index (χ3v) is 2.43. The summed E-state index contributed by atoms with van der Waals surface area (Å²) in [4.78, 5) is 22.3. The number of hydrogen-bond donors (Lipinski definition) is 4. The van der Waals surface area contributed by atoms with E-state index in [4.69, 9.17) is 14.9 Å². The maximum atomic E-state index is 13.4. The Hall–Kier alpha value is -2.35. The van der Waals surface area contributed by atoms with Crippen molar-refractivity contribution >= 4 is 17.7 Å². The number of aliphatic hydroxyl groups is 1. The van der Waals surface area contributed by atoms with Gasteiger partial charge in [-0.25, -0.2) is 14.0 Å². The molecule has 0 fully saturated rings. The molecule has 2 amide bonds. The third kappa shape index (κ3) is 4.39. The van der Waals surface area contributed by atoms with E-state index in [1.807, 2.05) is 0 Å². The Morgan fingerprint density at radius 2 is 2.15 bits per heavy atom. The smallest absolute Gasteiger partial charge is 0.326 e. The lowest BCUT2D eigenvalue weighted by atomic mass is 10.2. The molecule has 1 rings (SSSR count). The minimum Gasteiger partial charge on any atom is -0.494 e. The van der Waals surface area contributed by atoms with Crippen molar-refractivity contribution in [3.8, 4) is 5.75 Å². The predicted octanol–water partition coefficient (Wildman–Crippen LogP) is 0.791. The van der Waals surface area contributed by atoms with Gasteiger partial charge in [0, 0.05) is 24.8 Å². The molecule has 1 unspecified atom stereocenters. The number of carbonyl (C=O) groups excluding carboxylic acids is 1. The molecule has 0 aromatic heterocycles. The Morgan fingerprint density at radius 3 is 2.65 bits per heavy atom. The second-order valence-corrected chi connectivity index (χ2v) is 3.85. The van der Waals surface area contributed by atoms with Gasteiger partial charge in [0.1, 0.15) is 6.04 Å². The number of rotatable bonds is 6. The van der Waals surface area contributed by atoms with Gasteiger partial charge >= 0.3 is 12.0 Å². The van der Waals surface area contributed by atoms with E-state index in [-0.39, 0.29) is 24.5 Å². The van der Waals surface area contributed by atoms with Crippen molar-refractivity contribution < 1.29 is 28.9 Å². The van der Waals surface area contributed by atoms with Crippen molar-refractivity contribution in [3.05, 3.63) is 24.0 Å². The summed E-state index contributed by atoms with van der Waals surface area (Å²) in [6.45, 7) is -0.381. The minimum absolute atomic E-state index is 0.0275. The first-order valence-corrected chi connectivity index (χ1v) is 5.72. The van der Waals surface area contributed by atoms with Crippen molar-refractivity contribution in [2.24, 2.45) is 0 Å². The van der Waals surface area contributed by atoms with Gasteiger partial charge < -0.3 is 25.6 Å². The van der Waals surface area contributed by atoms with E-state index >= 15 is 0 Å². The molecule has 0 radical (unpaired) electrons. The van der Waals surface area contributed by atoms with Crippen LogP contribution < -0.4 is 15.4 Å². The molecule has 8 heteroatoms. The molecule has 110 valence electrons. The molecule has 7 nitrogen and oxygen atoms in total. The van der Waals surface area contributed by atoms with Gasteiger partial charge in [-0.15, -0.1) is 0 Å². The summed E-state index contributed by atoms with van der Waals surface area (Å²) in [6.07, 6.45) is -0.125. The van der Waals surface area contributed by atoms with Crippen molar-refractivity contribution in [3.63, 3.8) is 0 Å². The molecule has 0 aliphatic rings. The topological polar surface area (TPSA) is 108 Å². The summed E-state index contributed by atoms with van der Waals surface area (Å²) >= 11 is 0. The lowest BCUT2D eigenvalue weighted by molar-refractivity contribution is -0.139. The molecule has 1 aromatic rings. The highest BCUT2D eigenvalue weighted by Crippen LogP contribution is 2.20. The zero-order valence-electron chi connectivity index (χ0n) is 10.7. The molecule has 0 saturated heterocycles. The minimum atomic E-state index is -1.27. The fraction of sp³-hybridized carbons (Fsp3) is 0.333. The van der Waals surface area contributed by atoms with Crippen LogP contribution in [0, 0.1) is 5.82 Å². The van der Waals surface area contributed by atoms with Crippen LogP contribution in [0.5, 0.6) is 5.75 Å². The lowest BCUT2D eigenvalue weighted by Crippen LogP contribution is -2.43. The van der Waals surface area contributed by atoms with E-state index in [0.717, 1.165) is 6.07 Å². The summed E-state index contributed by atoms with van der Waals surface area (Å²) in [5.74, 6) is -1.90. The van der Waals surface area contributed by atoms with Crippen molar-refractivity contribution in [1.82, 2.24) is 5.32 Å². The van der Waals surface area contributed by atoms with Gasteiger partial charge in [-0.2, -0.15) is 0 Å². The van der Waals surface area contributed by atoms with Crippen molar-refractivity contribution in [2.45, 2.75) is 12.5 Å². The number of carboxylic acid groups (broad SMARTS) is 1. The summed E-state index contributed by atoms with van der Waals surface area (Å²) in [7, 11) is 1.31. The fourth-order valence-corrected chi connectivity index (χ4v) is 1.46. The van der Waals surface area contributed by atoms with Crippen molar-refractivity contribution in [2.75, 3.05) is 19.0 Å². The number of nitrogens with one attached hydrogen (secondary N) is 2. The van der Waals surface area contributed by atoms with E-state index in [1.165, 1.54) is 19.2 Å². The van der Waals surface area contributed by atoms with Crippen LogP contribution in [0.25, 0.3) is 0 Å². The van der Waals surface area contributed by atoms with Crippen LogP contribution in [0.1, 0.15) is 6.42 Å². The van der Waals surface area contributed by atoms with Gasteiger partial charge in [0.05, 0.1) is 7.11 Å². The van der Waals surface area contributed by atoms with E-state index in [1.54, 1.807) is 0 Å². The summed E-state index contributed by atoms with van der Waals surface area (Å²) in [5.41, 5.74) is 0.147. The Bertz CT molecular complexity index is 495. The molecule has 0 heterocycles. The Balaban J connectivity index is 2.66. The first-order chi connectivity index (χ1) is 9.47. The number of carbonyl (C=O) groups is 2. The van der Waals surface area contributed by atoms with E-state index in [2.05, 4.69) is 10.6 Å². The third-order valence-electron chi connectivity index (χ3n) is 2.43. The molecule has 0 aliphatic heterocycles. The molecule has 0 aliphatic carbocycles. The number of ether oxygens (including phenoxy) is 1. The fourth-order valence-electron chi connectivity index (χ4n) is 1.46. The molecule has 1 atom stereocenters. The highest BCUT2D eigenvalue weighted by molar-refractivity contribution is 5.92. The number of aliphatic carboxylic acids is 1. The average molecular weight is 286 g/mol. The number of halogens is 1. The lowest BCUT2D eigenvalue weighted by Gasteiger charge is -2.14. The van der Waals surface area contributed by atoms with Crippen molar-refractivity contribution in [1.29, 1.82) is 0 Å². The second-order valence-electron chi connectivity index (χ2n) is 3.85. The molecule has 4 N–H and O–H groups in total. The van der Waals surface area contributed by atoms with Gasteiger partial charge in [-0.1, -0.05) is 0 Å². The Morgan fingerprint density at radius 1 is 1.45 bits per heavy atom.